The summed E-state index contributed by atoms with van der Waals surface area (Å²) in [6.07, 6.45) is 4.32. The maximum absolute atomic E-state index is 14.5. The lowest BCUT2D eigenvalue weighted by atomic mass is 9.83. The van der Waals surface area contributed by atoms with Crippen molar-refractivity contribution in [2.24, 2.45) is 5.92 Å². The number of nitrogens with zero attached hydrogens (tertiary/aromatic N) is 2. The van der Waals surface area contributed by atoms with E-state index in [1.165, 1.54) is 13.0 Å². The Bertz CT molecular complexity index is 1450. The fourth-order valence-corrected chi connectivity index (χ4v) is 5.35. The van der Waals surface area contributed by atoms with Gasteiger partial charge in [-0.25, -0.2) is 18.6 Å². The molecule has 1 aliphatic rings. The topological polar surface area (TPSA) is 73.6 Å². The number of carboxylic acid groups (broad SMARTS) is 1. The van der Waals surface area contributed by atoms with Gasteiger partial charge in [-0.1, -0.05) is 30.9 Å². The fraction of sp³-hybridized carbons (Fsp3) is 0.333. The summed E-state index contributed by atoms with van der Waals surface area (Å²) in [6.45, 7) is 1.74. The maximum Gasteiger partial charge on any atom is 0.344 e. The van der Waals surface area contributed by atoms with Gasteiger partial charge in [-0.15, -0.1) is 0 Å². The molecule has 1 fully saturated rings. The molecule has 1 heterocycles. The van der Waals surface area contributed by atoms with Crippen molar-refractivity contribution in [3.8, 4) is 22.9 Å². The third-order valence-corrected chi connectivity index (χ3v) is 7.52. The molecule has 0 saturated heterocycles. The SMILES string of the molecule is CC(Oc1ccc(OCC(C2CCCCC2)n2c(-c3ccc(Cl)cc3)nc3cc(F)c(F)cc32)cc1)C(=O)O. The number of rotatable bonds is 9. The van der Waals surface area contributed by atoms with Crippen molar-refractivity contribution in [1.29, 1.82) is 0 Å². The Hall–Kier alpha value is -3.65. The Morgan fingerprint density at radius 3 is 2.33 bits per heavy atom. The highest BCUT2D eigenvalue weighted by Gasteiger charge is 2.30. The van der Waals surface area contributed by atoms with E-state index in [4.69, 9.17) is 31.2 Å². The molecule has 4 aromatic rings. The van der Waals surface area contributed by atoms with Gasteiger partial charge in [0.25, 0.3) is 0 Å². The Kier molecular flexibility index (Phi) is 8.02. The molecule has 0 spiro atoms. The number of hydrogen-bond donors (Lipinski definition) is 1. The molecule has 1 aliphatic carbocycles. The lowest BCUT2D eigenvalue weighted by Crippen LogP contribution is -2.28. The van der Waals surface area contributed by atoms with Gasteiger partial charge in [-0.05, 0) is 74.2 Å². The second-order valence-electron chi connectivity index (χ2n) is 9.91. The Balaban J connectivity index is 1.52. The molecule has 6 nitrogen and oxygen atoms in total. The molecule has 0 amide bonds. The summed E-state index contributed by atoms with van der Waals surface area (Å²) in [5, 5.41) is 9.65. The highest BCUT2D eigenvalue weighted by atomic mass is 35.5. The van der Waals surface area contributed by atoms with E-state index in [-0.39, 0.29) is 18.6 Å². The predicted octanol–water partition coefficient (Wildman–Crippen LogP) is 7.69. The van der Waals surface area contributed by atoms with E-state index in [9.17, 15) is 13.6 Å². The van der Waals surface area contributed by atoms with E-state index < -0.39 is 23.7 Å². The second-order valence-corrected chi connectivity index (χ2v) is 10.3. The molecule has 39 heavy (non-hydrogen) atoms. The number of halogens is 3. The number of imidazole rings is 1. The van der Waals surface area contributed by atoms with Crippen LogP contribution in [0.2, 0.25) is 5.02 Å². The minimum absolute atomic E-state index is 0.200. The number of hydrogen-bond acceptors (Lipinski definition) is 4. The Morgan fingerprint density at radius 2 is 1.67 bits per heavy atom. The third-order valence-electron chi connectivity index (χ3n) is 7.26. The van der Waals surface area contributed by atoms with Gasteiger partial charge in [0.05, 0.1) is 17.1 Å². The maximum atomic E-state index is 14.5. The molecule has 1 saturated carbocycles. The summed E-state index contributed by atoms with van der Waals surface area (Å²) in [6, 6.07) is 16.2. The van der Waals surface area contributed by atoms with Crippen molar-refractivity contribution in [2.45, 2.75) is 51.2 Å². The molecule has 2 unspecified atom stereocenters. The van der Waals surface area contributed by atoms with Crippen LogP contribution in [0.25, 0.3) is 22.4 Å². The lowest BCUT2D eigenvalue weighted by Gasteiger charge is -2.32. The van der Waals surface area contributed by atoms with E-state index in [2.05, 4.69) is 0 Å². The number of fused-ring (bicyclic) bond motifs is 1. The molecule has 5 rings (SSSR count). The van der Waals surface area contributed by atoms with Crippen molar-refractivity contribution in [3.63, 3.8) is 0 Å². The van der Waals surface area contributed by atoms with Crippen molar-refractivity contribution >= 4 is 28.6 Å². The van der Waals surface area contributed by atoms with E-state index in [1.807, 2.05) is 16.7 Å². The molecule has 204 valence electrons. The summed E-state index contributed by atoms with van der Waals surface area (Å²) in [7, 11) is 0. The number of aromatic nitrogens is 2. The van der Waals surface area contributed by atoms with E-state index in [0.717, 1.165) is 43.7 Å². The minimum atomic E-state index is -1.05. The highest BCUT2D eigenvalue weighted by molar-refractivity contribution is 6.30. The average molecular weight is 555 g/mol. The standard InChI is InChI=1S/C30H29ClF2N2O4/c1-18(30(36)37)39-23-13-11-22(12-14-23)38-17-28(19-5-3-2-4-6-19)35-27-16-25(33)24(32)15-26(27)34-29(35)20-7-9-21(31)10-8-20/h7-16,18-19,28H,2-6,17H2,1H3,(H,36,37). The van der Waals surface area contributed by atoms with Crippen LogP contribution in [-0.2, 0) is 4.79 Å². The summed E-state index contributed by atoms with van der Waals surface area (Å²) in [4.78, 5) is 15.8. The van der Waals surface area contributed by atoms with Crippen molar-refractivity contribution in [1.82, 2.24) is 9.55 Å². The predicted molar refractivity (Wildman–Crippen MR) is 145 cm³/mol. The lowest BCUT2D eigenvalue weighted by molar-refractivity contribution is -0.144. The van der Waals surface area contributed by atoms with Gasteiger partial charge < -0.3 is 19.1 Å². The zero-order valence-corrected chi connectivity index (χ0v) is 22.2. The van der Waals surface area contributed by atoms with E-state index >= 15 is 0 Å². The smallest absolute Gasteiger partial charge is 0.344 e. The molecule has 0 radical (unpaired) electrons. The van der Waals surface area contributed by atoms with Crippen molar-refractivity contribution in [2.75, 3.05) is 6.61 Å². The van der Waals surface area contributed by atoms with Gasteiger partial charge in [0.15, 0.2) is 17.7 Å². The molecule has 9 heteroatoms. The second kappa shape index (κ2) is 11.6. The van der Waals surface area contributed by atoms with Gasteiger partial charge >= 0.3 is 5.97 Å². The van der Waals surface area contributed by atoms with Gasteiger partial charge in [0, 0.05) is 22.7 Å². The van der Waals surface area contributed by atoms with Gasteiger partial charge in [-0.3, -0.25) is 0 Å². The van der Waals surface area contributed by atoms with Gasteiger partial charge in [0.1, 0.15) is 23.9 Å². The number of carbonyl (C=O) groups is 1. The van der Waals surface area contributed by atoms with Gasteiger partial charge in [-0.2, -0.15) is 0 Å². The van der Waals surface area contributed by atoms with Crippen LogP contribution in [0.1, 0.15) is 45.1 Å². The Morgan fingerprint density at radius 1 is 1.03 bits per heavy atom. The average Bonchev–Trinajstić information content (AvgIpc) is 3.28. The van der Waals surface area contributed by atoms with Crippen LogP contribution in [0, 0.1) is 17.6 Å². The number of benzene rings is 3. The highest BCUT2D eigenvalue weighted by Crippen LogP contribution is 2.39. The fourth-order valence-electron chi connectivity index (χ4n) is 5.22. The largest absolute Gasteiger partial charge is 0.491 e. The molecule has 1 aromatic heterocycles. The monoisotopic (exact) mass is 554 g/mol. The van der Waals surface area contributed by atoms with Crippen LogP contribution >= 0.6 is 11.6 Å². The summed E-state index contributed by atoms with van der Waals surface area (Å²) in [5.41, 5.74) is 1.66. The van der Waals surface area contributed by atoms with Crippen LogP contribution in [0.15, 0.2) is 60.7 Å². The first-order chi connectivity index (χ1) is 18.8. The molecular formula is C30H29ClF2N2O4. The Labute approximate surface area is 230 Å². The van der Waals surface area contributed by atoms with Crippen molar-refractivity contribution < 1.29 is 28.2 Å². The molecule has 0 bridgehead atoms. The zero-order chi connectivity index (χ0) is 27.5. The van der Waals surface area contributed by atoms with E-state index in [0.29, 0.717) is 33.4 Å². The minimum Gasteiger partial charge on any atom is -0.491 e. The van der Waals surface area contributed by atoms with E-state index in [1.54, 1.807) is 36.4 Å². The molecule has 0 aliphatic heterocycles. The van der Waals surface area contributed by atoms with Crippen LogP contribution < -0.4 is 9.47 Å². The first-order valence-corrected chi connectivity index (χ1v) is 13.4. The number of ether oxygens (including phenoxy) is 2. The van der Waals surface area contributed by atoms with Crippen molar-refractivity contribution in [3.05, 3.63) is 77.3 Å². The third kappa shape index (κ3) is 6.01. The van der Waals surface area contributed by atoms with Crippen LogP contribution in [0.5, 0.6) is 11.5 Å². The molecule has 2 atom stereocenters. The number of aliphatic carboxylic acids is 1. The van der Waals surface area contributed by atoms with Crippen LogP contribution in [-0.4, -0.2) is 33.3 Å². The molecule has 3 aromatic carbocycles. The van der Waals surface area contributed by atoms with Gasteiger partial charge in [0.2, 0.25) is 0 Å². The van der Waals surface area contributed by atoms with Crippen LogP contribution in [0.3, 0.4) is 0 Å². The molecular weight excluding hydrogens is 526 g/mol. The first kappa shape index (κ1) is 26.9. The van der Waals surface area contributed by atoms with Crippen LogP contribution in [0.4, 0.5) is 8.78 Å². The summed E-state index contributed by atoms with van der Waals surface area (Å²) in [5.74, 6) is -1.08. The number of carboxylic acids is 1. The summed E-state index contributed by atoms with van der Waals surface area (Å²) >= 11 is 6.13. The zero-order valence-electron chi connectivity index (χ0n) is 21.4. The normalized spacial score (nSPS) is 15.7. The molecule has 1 N–H and O–H groups in total. The quantitative estimate of drug-likeness (QED) is 0.229. The summed E-state index contributed by atoms with van der Waals surface area (Å²) < 4.78 is 42.4. The first-order valence-electron chi connectivity index (χ1n) is 13.1.